The molecule has 0 spiro atoms. The second-order valence-electron chi connectivity index (χ2n) is 5.78. The van der Waals surface area contributed by atoms with Gasteiger partial charge in [0.15, 0.2) is 0 Å². The summed E-state index contributed by atoms with van der Waals surface area (Å²) in [6.07, 6.45) is 6.93. The Morgan fingerprint density at radius 2 is 1.95 bits per heavy atom. The van der Waals surface area contributed by atoms with Crippen molar-refractivity contribution in [3.05, 3.63) is 17.5 Å². The molecule has 2 N–H and O–H groups in total. The molecule has 0 bridgehead atoms. The van der Waals surface area contributed by atoms with Crippen LogP contribution in [-0.4, -0.2) is 32.8 Å². The van der Waals surface area contributed by atoms with E-state index < -0.39 is 11.9 Å². The van der Waals surface area contributed by atoms with Crippen LogP contribution in [0.3, 0.4) is 0 Å². The highest BCUT2D eigenvalue weighted by molar-refractivity contribution is 5.95. The molecule has 1 aliphatic rings. The van der Waals surface area contributed by atoms with Crippen LogP contribution in [0.5, 0.6) is 0 Å². The SMILES string of the molecule is Cc1c(C(=O)NC2CCCCCCC2C(=O)O)cnn1C. The summed E-state index contributed by atoms with van der Waals surface area (Å²) in [5, 5.41) is 16.4. The summed E-state index contributed by atoms with van der Waals surface area (Å²) in [5.41, 5.74) is 1.30. The van der Waals surface area contributed by atoms with Crippen LogP contribution >= 0.6 is 0 Å². The molecule has 1 amide bonds. The molecular weight excluding hydrogens is 270 g/mol. The molecule has 1 aromatic heterocycles. The first-order valence-corrected chi connectivity index (χ1v) is 7.53. The van der Waals surface area contributed by atoms with Crippen LogP contribution < -0.4 is 5.32 Å². The van der Waals surface area contributed by atoms with E-state index in [9.17, 15) is 14.7 Å². The summed E-state index contributed by atoms with van der Waals surface area (Å²) in [7, 11) is 1.78. The van der Waals surface area contributed by atoms with E-state index in [1.807, 2.05) is 6.92 Å². The molecule has 1 aromatic rings. The summed E-state index contributed by atoms with van der Waals surface area (Å²) in [6, 6.07) is -0.296. The number of aliphatic carboxylic acids is 1. The molecule has 2 unspecified atom stereocenters. The first kappa shape index (κ1) is 15.5. The van der Waals surface area contributed by atoms with Gasteiger partial charge < -0.3 is 10.4 Å². The fraction of sp³-hybridized carbons (Fsp3) is 0.667. The van der Waals surface area contributed by atoms with Crippen molar-refractivity contribution in [3.8, 4) is 0 Å². The van der Waals surface area contributed by atoms with Crippen LogP contribution in [0.15, 0.2) is 6.20 Å². The van der Waals surface area contributed by atoms with E-state index in [0.717, 1.165) is 37.8 Å². The van der Waals surface area contributed by atoms with Gasteiger partial charge in [0.2, 0.25) is 0 Å². The largest absolute Gasteiger partial charge is 0.481 e. The minimum atomic E-state index is -0.815. The highest BCUT2D eigenvalue weighted by atomic mass is 16.4. The number of aromatic nitrogens is 2. The summed E-state index contributed by atoms with van der Waals surface area (Å²) < 4.78 is 1.64. The molecule has 6 nitrogen and oxygen atoms in total. The van der Waals surface area contributed by atoms with Crippen molar-refractivity contribution in [2.45, 2.75) is 51.5 Å². The van der Waals surface area contributed by atoms with E-state index in [0.29, 0.717) is 12.0 Å². The second-order valence-corrected chi connectivity index (χ2v) is 5.78. The molecule has 6 heteroatoms. The van der Waals surface area contributed by atoms with Gasteiger partial charge in [0.05, 0.1) is 17.7 Å². The Morgan fingerprint density at radius 3 is 2.52 bits per heavy atom. The number of carbonyl (C=O) groups is 2. The lowest BCUT2D eigenvalue weighted by Crippen LogP contribution is -2.44. The van der Waals surface area contributed by atoms with E-state index >= 15 is 0 Å². The summed E-state index contributed by atoms with van der Waals surface area (Å²) >= 11 is 0. The van der Waals surface area contributed by atoms with Gasteiger partial charge in [-0.05, 0) is 19.8 Å². The summed E-state index contributed by atoms with van der Waals surface area (Å²) in [6.45, 7) is 1.83. The molecule has 116 valence electrons. The minimum Gasteiger partial charge on any atom is -0.481 e. The number of carboxylic acids is 1. The molecule has 0 aliphatic heterocycles. The molecule has 1 fully saturated rings. The van der Waals surface area contributed by atoms with Crippen LogP contribution in [0, 0.1) is 12.8 Å². The fourth-order valence-corrected chi connectivity index (χ4v) is 2.92. The zero-order valence-corrected chi connectivity index (χ0v) is 12.6. The predicted octanol–water partition coefficient (Wildman–Crippen LogP) is 1.88. The number of hydrogen-bond donors (Lipinski definition) is 2. The highest BCUT2D eigenvalue weighted by Gasteiger charge is 2.30. The first-order chi connectivity index (χ1) is 10.0. The van der Waals surface area contributed by atoms with E-state index in [2.05, 4.69) is 10.4 Å². The molecule has 1 aliphatic carbocycles. The van der Waals surface area contributed by atoms with Crippen molar-refractivity contribution in [2.75, 3.05) is 0 Å². The summed E-state index contributed by atoms with van der Waals surface area (Å²) in [4.78, 5) is 23.8. The first-order valence-electron chi connectivity index (χ1n) is 7.53. The number of aryl methyl sites for hydroxylation is 1. The van der Waals surface area contributed by atoms with Crippen molar-refractivity contribution < 1.29 is 14.7 Å². The van der Waals surface area contributed by atoms with Gasteiger partial charge in [0.1, 0.15) is 0 Å². The minimum absolute atomic E-state index is 0.225. The molecule has 1 heterocycles. The molecule has 21 heavy (non-hydrogen) atoms. The number of rotatable bonds is 3. The monoisotopic (exact) mass is 293 g/mol. The van der Waals surface area contributed by atoms with Crippen molar-refractivity contribution in [1.82, 2.24) is 15.1 Å². The lowest BCUT2D eigenvalue weighted by atomic mass is 9.86. The van der Waals surface area contributed by atoms with E-state index in [1.165, 1.54) is 6.20 Å². The third-order valence-corrected chi connectivity index (χ3v) is 4.38. The number of nitrogens with zero attached hydrogens (tertiary/aromatic N) is 2. The Bertz CT molecular complexity index is 524. The standard InChI is InChI=1S/C15H23N3O3/c1-10-12(9-16-18(10)2)14(19)17-13-8-6-4-3-5-7-11(13)15(20)21/h9,11,13H,3-8H2,1-2H3,(H,17,19)(H,20,21). The topological polar surface area (TPSA) is 84.2 Å². The number of carbonyl (C=O) groups excluding carboxylic acids is 1. The van der Waals surface area contributed by atoms with Crippen molar-refractivity contribution in [2.24, 2.45) is 13.0 Å². The normalized spacial score (nSPS) is 23.1. The Kier molecular flexibility index (Phi) is 4.98. The molecule has 0 radical (unpaired) electrons. The van der Waals surface area contributed by atoms with Crippen LogP contribution in [0.25, 0.3) is 0 Å². The molecule has 1 saturated carbocycles. The van der Waals surface area contributed by atoms with Gasteiger partial charge in [-0.3, -0.25) is 14.3 Å². The van der Waals surface area contributed by atoms with Crippen molar-refractivity contribution in [3.63, 3.8) is 0 Å². The van der Waals surface area contributed by atoms with Gasteiger partial charge in [-0.1, -0.05) is 25.7 Å². The maximum Gasteiger partial charge on any atom is 0.308 e. The Balaban J connectivity index is 2.11. The van der Waals surface area contributed by atoms with Gasteiger partial charge in [0, 0.05) is 18.8 Å². The average molecular weight is 293 g/mol. The molecule has 2 rings (SSSR count). The van der Waals surface area contributed by atoms with Gasteiger partial charge in [-0.25, -0.2) is 0 Å². The lowest BCUT2D eigenvalue weighted by Gasteiger charge is -2.27. The van der Waals surface area contributed by atoms with Gasteiger partial charge in [-0.15, -0.1) is 0 Å². The predicted molar refractivity (Wildman–Crippen MR) is 78.0 cm³/mol. The average Bonchev–Trinajstić information content (AvgIpc) is 2.73. The molecule has 2 atom stereocenters. The third kappa shape index (κ3) is 3.62. The zero-order valence-electron chi connectivity index (χ0n) is 12.6. The number of hydrogen-bond acceptors (Lipinski definition) is 3. The second kappa shape index (κ2) is 6.74. The number of amides is 1. The molecule has 0 aromatic carbocycles. The van der Waals surface area contributed by atoms with Gasteiger partial charge >= 0.3 is 5.97 Å². The van der Waals surface area contributed by atoms with E-state index in [-0.39, 0.29) is 11.9 Å². The Hall–Kier alpha value is -1.85. The van der Waals surface area contributed by atoms with E-state index in [4.69, 9.17) is 0 Å². The van der Waals surface area contributed by atoms with Crippen LogP contribution in [0.4, 0.5) is 0 Å². The Labute approximate surface area is 124 Å². The number of carboxylic acid groups (broad SMARTS) is 1. The van der Waals surface area contributed by atoms with Gasteiger partial charge in [-0.2, -0.15) is 5.10 Å². The molecule has 0 saturated heterocycles. The van der Waals surface area contributed by atoms with Crippen molar-refractivity contribution in [1.29, 1.82) is 0 Å². The maximum absolute atomic E-state index is 12.4. The summed E-state index contributed by atoms with van der Waals surface area (Å²) in [5.74, 6) is -1.53. The smallest absolute Gasteiger partial charge is 0.308 e. The van der Waals surface area contributed by atoms with Crippen LogP contribution in [0.1, 0.15) is 54.6 Å². The fourth-order valence-electron chi connectivity index (χ4n) is 2.92. The number of nitrogens with one attached hydrogen (secondary N) is 1. The van der Waals surface area contributed by atoms with Crippen LogP contribution in [-0.2, 0) is 11.8 Å². The van der Waals surface area contributed by atoms with Crippen molar-refractivity contribution >= 4 is 11.9 Å². The quantitative estimate of drug-likeness (QED) is 0.891. The van der Waals surface area contributed by atoms with E-state index in [1.54, 1.807) is 11.7 Å². The zero-order chi connectivity index (χ0) is 15.4. The lowest BCUT2D eigenvalue weighted by molar-refractivity contribution is -0.143. The van der Waals surface area contributed by atoms with Crippen LogP contribution in [0.2, 0.25) is 0 Å². The molecular formula is C15H23N3O3. The third-order valence-electron chi connectivity index (χ3n) is 4.38. The highest BCUT2D eigenvalue weighted by Crippen LogP contribution is 2.23. The maximum atomic E-state index is 12.4. The van der Waals surface area contributed by atoms with Gasteiger partial charge in [0.25, 0.3) is 5.91 Å². The Morgan fingerprint density at radius 1 is 1.29 bits per heavy atom.